The van der Waals surface area contributed by atoms with Crippen molar-refractivity contribution in [3.8, 4) is 11.5 Å². The van der Waals surface area contributed by atoms with Crippen LogP contribution in [0.3, 0.4) is 0 Å². The summed E-state index contributed by atoms with van der Waals surface area (Å²) in [7, 11) is 0. The van der Waals surface area contributed by atoms with Crippen LogP contribution < -0.4 is 5.32 Å². The van der Waals surface area contributed by atoms with Crippen LogP contribution in [-0.2, 0) is 0 Å². The molecule has 0 unspecified atom stereocenters. The standard InChI is InChI=1S/C12H12ClIN4/c1-3-15-12-10(14)7(2)17-11(18-12)9-5-4-8(13)6-16-9/h4-6H,3H2,1-2H3,(H,15,17,18). The smallest absolute Gasteiger partial charge is 0.180 e. The number of halogens is 2. The summed E-state index contributed by atoms with van der Waals surface area (Å²) in [5, 5.41) is 3.83. The lowest BCUT2D eigenvalue weighted by Crippen LogP contribution is -2.06. The van der Waals surface area contributed by atoms with Crippen LogP contribution in [0.1, 0.15) is 12.6 Å². The Morgan fingerprint density at radius 3 is 2.72 bits per heavy atom. The molecule has 4 nitrogen and oxygen atoms in total. The van der Waals surface area contributed by atoms with E-state index in [0.29, 0.717) is 10.8 Å². The Bertz CT molecular complexity index is 557. The third-order valence-corrected chi connectivity index (χ3v) is 3.83. The van der Waals surface area contributed by atoms with Crippen LogP contribution in [0.25, 0.3) is 11.5 Å². The van der Waals surface area contributed by atoms with Gasteiger partial charge in [0.25, 0.3) is 0 Å². The fourth-order valence-corrected chi connectivity index (χ4v) is 2.01. The van der Waals surface area contributed by atoms with Crippen molar-refractivity contribution in [3.05, 3.63) is 32.6 Å². The van der Waals surface area contributed by atoms with Gasteiger partial charge in [0.2, 0.25) is 0 Å². The van der Waals surface area contributed by atoms with Crippen molar-refractivity contribution < 1.29 is 0 Å². The topological polar surface area (TPSA) is 50.7 Å². The summed E-state index contributed by atoms with van der Waals surface area (Å²) in [6, 6.07) is 3.60. The van der Waals surface area contributed by atoms with Gasteiger partial charge < -0.3 is 5.32 Å². The Hall–Kier alpha value is -0.950. The largest absolute Gasteiger partial charge is 0.369 e. The summed E-state index contributed by atoms with van der Waals surface area (Å²) < 4.78 is 1.03. The number of aromatic nitrogens is 3. The number of nitrogens with one attached hydrogen (secondary N) is 1. The number of aryl methyl sites for hydroxylation is 1. The van der Waals surface area contributed by atoms with Gasteiger partial charge in [-0.1, -0.05) is 11.6 Å². The lowest BCUT2D eigenvalue weighted by molar-refractivity contribution is 1.05. The molecule has 0 saturated heterocycles. The number of hydrogen-bond acceptors (Lipinski definition) is 4. The van der Waals surface area contributed by atoms with Crippen molar-refractivity contribution >= 4 is 40.0 Å². The van der Waals surface area contributed by atoms with Gasteiger partial charge in [-0.3, -0.25) is 4.98 Å². The highest BCUT2D eigenvalue weighted by molar-refractivity contribution is 14.1. The van der Waals surface area contributed by atoms with Crippen molar-refractivity contribution in [2.45, 2.75) is 13.8 Å². The summed E-state index contributed by atoms with van der Waals surface area (Å²) in [6.07, 6.45) is 1.60. The monoisotopic (exact) mass is 374 g/mol. The quantitative estimate of drug-likeness (QED) is 0.835. The summed E-state index contributed by atoms with van der Waals surface area (Å²) in [5.41, 5.74) is 1.66. The van der Waals surface area contributed by atoms with E-state index in [0.717, 1.165) is 27.3 Å². The fourth-order valence-electron chi connectivity index (χ4n) is 1.47. The molecule has 0 aliphatic carbocycles. The molecule has 6 heteroatoms. The Morgan fingerprint density at radius 1 is 1.33 bits per heavy atom. The molecule has 2 heterocycles. The highest BCUT2D eigenvalue weighted by Crippen LogP contribution is 2.23. The van der Waals surface area contributed by atoms with E-state index in [9.17, 15) is 0 Å². The van der Waals surface area contributed by atoms with Crippen LogP contribution >= 0.6 is 34.2 Å². The molecule has 2 rings (SSSR count). The van der Waals surface area contributed by atoms with Gasteiger partial charge >= 0.3 is 0 Å². The minimum Gasteiger partial charge on any atom is -0.369 e. The van der Waals surface area contributed by atoms with Crippen LogP contribution in [0.4, 0.5) is 5.82 Å². The van der Waals surface area contributed by atoms with Crippen LogP contribution in [-0.4, -0.2) is 21.5 Å². The van der Waals surface area contributed by atoms with E-state index >= 15 is 0 Å². The number of rotatable bonds is 3. The second-order valence-electron chi connectivity index (χ2n) is 3.69. The molecule has 94 valence electrons. The molecule has 0 aliphatic heterocycles. The number of hydrogen-bond donors (Lipinski definition) is 1. The van der Waals surface area contributed by atoms with Gasteiger partial charge in [0.15, 0.2) is 5.82 Å². The van der Waals surface area contributed by atoms with Crippen molar-refractivity contribution in [2.75, 3.05) is 11.9 Å². The highest BCUT2D eigenvalue weighted by Gasteiger charge is 2.10. The third-order valence-electron chi connectivity index (χ3n) is 2.32. The first-order chi connectivity index (χ1) is 8.61. The van der Waals surface area contributed by atoms with E-state index in [1.165, 1.54) is 0 Å². The molecule has 0 amide bonds. The minimum absolute atomic E-state index is 0.605. The number of nitrogens with zero attached hydrogens (tertiary/aromatic N) is 3. The highest BCUT2D eigenvalue weighted by atomic mass is 127. The maximum absolute atomic E-state index is 5.82. The van der Waals surface area contributed by atoms with Crippen LogP contribution in [0.2, 0.25) is 5.02 Å². The average molecular weight is 375 g/mol. The Labute approximate surface area is 124 Å². The maximum Gasteiger partial charge on any atom is 0.180 e. The van der Waals surface area contributed by atoms with Gasteiger partial charge in [-0.25, -0.2) is 9.97 Å². The average Bonchev–Trinajstić information content (AvgIpc) is 2.36. The van der Waals surface area contributed by atoms with Gasteiger partial charge in [0.05, 0.1) is 14.3 Å². The van der Waals surface area contributed by atoms with E-state index in [4.69, 9.17) is 11.6 Å². The number of anilines is 1. The SMILES string of the molecule is CCNc1nc(-c2ccc(Cl)cn2)nc(C)c1I. The van der Waals surface area contributed by atoms with Gasteiger partial charge in [-0.2, -0.15) is 0 Å². The predicted octanol–water partition coefficient (Wildman–Crippen LogP) is 3.54. The molecule has 2 aromatic heterocycles. The zero-order chi connectivity index (χ0) is 13.1. The molecule has 0 fully saturated rings. The summed E-state index contributed by atoms with van der Waals surface area (Å²) in [4.78, 5) is 13.2. The van der Waals surface area contributed by atoms with E-state index in [1.807, 2.05) is 19.9 Å². The molecule has 0 aromatic carbocycles. The summed E-state index contributed by atoms with van der Waals surface area (Å²) in [5.74, 6) is 1.46. The van der Waals surface area contributed by atoms with E-state index in [2.05, 4.69) is 42.9 Å². The van der Waals surface area contributed by atoms with Crippen molar-refractivity contribution in [3.63, 3.8) is 0 Å². The van der Waals surface area contributed by atoms with Crippen LogP contribution in [0.15, 0.2) is 18.3 Å². The Balaban J connectivity index is 2.48. The van der Waals surface area contributed by atoms with E-state index in [-0.39, 0.29) is 0 Å². The minimum atomic E-state index is 0.605. The Kier molecular flexibility index (Phi) is 4.34. The fraction of sp³-hybridized carbons (Fsp3) is 0.250. The molecule has 0 aliphatic rings. The lowest BCUT2D eigenvalue weighted by atomic mass is 10.3. The molecule has 1 N–H and O–H groups in total. The van der Waals surface area contributed by atoms with Crippen LogP contribution in [0, 0.1) is 10.5 Å². The van der Waals surface area contributed by atoms with Crippen molar-refractivity contribution in [1.82, 2.24) is 15.0 Å². The molecule has 0 atom stereocenters. The van der Waals surface area contributed by atoms with Crippen LogP contribution in [0.5, 0.6) is 0 Å². The first-order valence-electron chi connectivity index (χ1n) is 5.51. The Morgan fingerprint density at radius 2 is 2.11 bits per heavy atom. The molecule has 0 radical (unpaired) electrons. The summed E-state index contributed by atoms with van der Waals surface area (Å²) in [6.45, 7) is 4.82. The molecule has 18 heavy (non-hydrogen) atoms. The maximum atomic E-state index is 5.82. The zero-order valence-electron chi connectivity index (χ0n) is 10.0. The molecule has 0 spiro atoms. The van der Waals surface area contributed by atoms with Crippen molar-refractivity contribution in [1.29, 1.82) is 0 Å². The third kappa shape index (κ3) is 2.89. The normalized spacial score (nSPS) is 10.4. The molecular formula is C12H12ClIN4. The molecule has 0 bridgehead atoms. The van der Waals surface area contributed by atoms with Crippen molar-refractivity contribution in [2.24, 2.45) is 0 Å². The van der Waals surface area contributed by atoms with E-state index < -0.39 is 0 Å². The molecule has 0 saturated carbocycles. The zero-order valence-corrected chi connectivity index (χ0v) is 13.0. The molecular weight excluding hydrogens is 363 g/mol. The molecule has 2 aromatic rings. The van der Waals surface area contributed by atoms with Gasteiger partial charge in [0.1, 0.15) is 11.5 Å². The first-order valence-corrected chi connectivity index (χ1v) is 6.97. The van der Waals surface area contributed by atoms with Gasteiger partial charge in [0, 0.05) is 12.7 Å². The second kappa shape index (κ2) is 5.79. The predicted molar refractivity (Wildman–Crippen MR) is 81.9 cm³/mol. The van der Waals surface area contributed by atoms with E-state index in [1.54, 1.807) is 12.3 Å². The second-order valence-corrected chi connectivity index (χ2v) is 5.20. The number of pyridine rings is 1. The first kappa shape index (κ1) is 13.5. The summed E-state index contributed by atoms with van der Waals surface area (Å²) >= 11 is 8.06. The van der Waals surface area contributed by atoms with Gasteiger partial charge in [-0.05, 0) is 48.6 Å². The van der Waals surface area contributed by atoms with Gasteiger partial charge in [-0.15, -0.1) is 0 Å². The lowest BCUT2D eigenvalue weighted by Gasteiger charge is -2.09.